The van der Waals surface area contributed by atoms with Crippen LogP contribution in [0.1, 0.15) is 18.2 Å². The first-order valence-corrected chi connectivity index (χ1v) is 9.11. The summed E-state index contributed by atoms with van der Waals surface area (Å²) in [6.07, 6.45) is 1.24. The van der Waals surface area contributed by atoms with Crippen LogP contribution in [0.3, 0.4) is 0 Å². The van der Waals surface area contributed by atoms with E-state index in [0.717, 1.165) is 22.5 Å². The van der Waals surface area contributed by atoms with Gasteiger partial charge in [-0.1, -0.05) is 23.5 Å². The van der Waals surface area contributed by atoms with Gasteiger partial charge in [0.15, 0.2) is 0 Å². The Balaban J connectivity index is 1.46. The zero-order valence-electron chi connectivity index (χ0n) is 14.1. The van der Waals surface area contributed by atoms with E-state index < -0.39 is 6.09 Å². The Morgan fingerprint density at radius 1 is 1.31 bits per heavy atom. The van der Waals surface area contributed by atoms with Crippen LogP contribution < -0.4 is 15.1 Å². The van der Waals surface area contributed by atoms with Crippen molar-refractivity contribution in [3.05, 3.63) is 50.6 Å². The van der Waals surface area contributed by atoms with E-state index >= 15 is 0 Å². The Labute approximate surface area is 153 Å². The van der Waals surface area contributed by atoms with Gasteiger partial charge in [0.05, 0.1) is 25.3 Å². The number of allylic oxidation sites excluding steroid dienone is 1. The number of cyclic esters (lactones) is 1. The number of anilines is 1. The molecule has 0 saturated carbocycles. The molecule has 1 aromatic carbocycles. The third-order valence-electron chi connectivity index (χ3n) is 4.47. The van der Waals surface area contributed by atoms with Crippen molar-refractivity contribution in [1.82, 2.24) is 9.88 Å². The van der Waals surface area contributed by atoms with Gasteiger partial charge in [-0.3, -0.25) is 19.1 Å². The molecule has 2 amide bonds. The van der Waals surface area contributed by atoms with Crippen molar-refractivity contribution < 1.29 is 14.3 Å². The first-order valence-electron chi connectivity index (χ1n) is 8.23. The van der Waals surface area contributed by atoms with E-state index in [1.54, 1.807) is 9.47 Å². The van der Waals surface area contributed by atoms with Crippen molar-refractivity contribution >= 4 is 40.7 Å². The Hall–Kier alpha value is -2.87. The predicted molar refractivity (Wildman–Crippen MR) is 99.2 cm³/mol. The quantitative estimate of drug-likeness (QED) is 0.890. The number of fused-ring (bicyclic) bond motifs is 1. The maximum Gasteiger partial charge on any atom is 0.414 e. The van der Waals surface area contributed by atoms with Gasteiger partial charge in [-0.25, -0.2) is 4.79 Å². The van der Waals surface area contributed by atoms with E-state index in [-0.39, 0.29) is 16.9 Å². The molecule has 2 aliphatic rings. The second-order valence-electron chi connectivity index (χ2n) is 6.28. The molecule has 4 rings (SSSR count). The third-order valence-corrected chi connectivity index (χ3v) is 5.25. The number of nitrogens with one attached hydrogen (secondary N) is 1. The average molecular weight is 371 g/mol. The second kappa shape index (κ2) is 6.45. The van der Waals surface area contributed by atoms with Crippen LogP contribution in [0, 0.1) is 0 Å². The molecule has 2 aliphatic heterocycles. The minimum absolute atomic E-state index is 0.0490. The summed E-state index contributed by atoms with van der Waals surface area (Å²) in [7, 11) is 0. The molecule has 2 aromatic rings. The number of carbonyl (C=O) groups excluding carboxylic acids is 2. The van der Waals surface area contributed by atoms with Crippen LogP contribution in [0.5, 0.6) is 0 Å². The van der Waals surface area contributed by atoms with Crippen LogP contribution in [0.15, 0.2) is 34.4 Å². The van der Waals surface area contributed by atoms with Crippen molar-refractivity contribution in [2.75, 3.05) is 18.0 Å². The predicted octanol–water partition coefficient (Wildman–Crippen LogP) is 1.93. The molecule has 0 aliphatic carbocycles. The lowest BCUT2D eigenvalue weighted by Gasteiger charge is -2.14. The summed E-state index contributed by atoms with van der Waals surface area (Å²) in [6, 6.07) is 7.62. The van der Waals surface area contributed by atoms with E-state index in [9.17, 15) is 14.4 Å². The minimum Gasteiger partial charge on any atom is -0.442 e. The van der Waals surface area contributed by atoms with Crippen LogP contribution >= 0.6 is 11.3 Å². The van der Waals surface area contributed by atoms with Crippen LogP contribution in [-0.2, 0) is 16.1 Å². The second-order valence-corrected chi connectivity index (χ2v) is 7.10. The topological polar surface area (TPSA) is 80.6 Å². The van der Waals surface area contributed by atoms with Crippen molar-refractivity contribution in [3.8, 4) is 0 Å². The monoisotopic (exact) mass is 371 g/mol. The van der Waals surface area contributed by atoms with E-state index in [4.69, 9.17) is 4.74 Å². The molecule has 0 spiro atoms. The molecule has 1 aromatic heterocycles. The molecule has 0 radical (unpaired) electrons. The highest BCUT2D eigenvalue weighted by Crippen LogP contribution is 2.29. The first kappa shape index (κ1) is 16.6. The number of benzene rings is 1. The molecular weight excluding hydrogens is 354 g/mol. The molecule has 1 saturated heterocycles. The number of thiazole rings is 1. The lowest BCUT2D eigenvalue weighted by Crippen LogP contribution is -2.33. The number of hydrogen-bond donors (Lipinski definition) is 1. The molecule has 134 valence electrons. The van der Waals surface area contributed by atoms with Crippen LogP contribution in [0.25, 0.3) is 11.6 Å². The van der Waals surface area contributed by atoms with E-state index in [2.05, 4.69) is 5.32 Å². The number of ether oxygens (including phenoxy) is 1. The van der Waals surface area contributed by atoms with Gasteiger partial charge in [0, 0.05) is 18.0 Å². The fraction of sp³-hybridized carbons (Fsp3) is 0.278. The summed E-state index contributed by atoms with van der Waals surface area (Å²) in [5, 5.41) is 4.52. The van der Waals surface area contributed by atoms with Crippen molar-refractivity contribution in [3.63, 3.8) is 0 Å². The fourth-order valence-electron chi connectivity index (χ4n) is 3.13. The standard InChI is InChI=1S/C18H17N3O4S/c1-11(22)19-7-16-9-20(17(23)25-16)14-4-2-12(3-5-14)13-6-15-10-26-18(24)21(15)8-13/h2-6,10,16H,7-9H2,1H3,(H,19,22)/t16-/m0/s1. The lowest BCUT2D eigenvalue weighted by molar-refractivity contribution is -0.119. The molecule has 26 heavy (non-hydrogen) atoms. The van der Waals surface area contributed by atoms with Gasteiger partial charge in [-0.05, 0) is 29.3 Å². The Kier molecular flexibility index (Phi) is 4.12. The summed E-state index contributed by atoms with van der Waals surface area (Å²) in [5.74, 6) is -0.152. The summed E-state index contributed by atoms with van der Waals surface area (Å²) in [5.41, 5.74) is 3.77. The molecule has 7 nitrogen and oxygen atoms in total. The SMILES string of the molecule is CC(=O)NC[C@H]1CN(c2ccc(C3=Cc4csc(=O)n4C3)cc2)C(=O)O1. The summed E-state index contributed by atoms with van der Waals surface area (Å²) < 4.78 is 7.03. The zero-order valence-corrected chi connectivity index (χ0v) is 14.9. The summed E-state index contributed by atoms with van der Waals surface area (Å²) >= 11 is 1.21. The highest BCUT2D eigenvalue weighted by atomic mass is 32.1. The highest BCUT2D eigenvalue weighted by Gasteiger charge is 2.32. The van der Waals surface area contributed by atoms with Crippen LogP contribution in [0.2, 0.25) is 0 Å². The highest BCUT2D eigenvalue weighted by molar-refractivity contribution is 7.07. The number of hydrogen-bond acceptors (Lipinski definition) is 5. The third kappa shape index (κ3) is 3.03. The Bertz CT molecular complexity index is 958. The summed E-state index contributed by atoms with van der Waals surface area (Å²) in [4.78, 5) is 36.4. The molecular formula is C18H17N3O4S. The first-order chi connectivity index (χ1) is 12.5. The van der Waals surface area contributed by atoms with Crippen LogP contribution in [-0.4, -0.2) is 35.8 Å². The molecule has 8 heteroatoms. The zero-order chi connectivity index (χ0) is 18.3. The largest absolute Gasteiger partial charge is 0.442 e. The van der Waals surface area contributed by atoms with Gasteiger partial charge in [0.1, 0.15) is 6.10 Å². The lowest BCUT2D eigenvalue weighted by atomic mass is 10.1. The van der Waals surface area contributed by atoms with Crippen LogP contribution in [0.4, 0.5) is 10.5 Å². The van der Waals surface area contributed by atoms with Crippen molar-refractivity contribution in [2.24, 2.45) is 0 Å². The van der Waals surface area contributed by atoms with Gasteiger partial charge in [0.2, 0.25) is 5.91 Å². The maximum absolute atomic E-state index is 12.1. The molecule has 0 bridgehead atoms. The fourth-order valence-corrected chi connectivity index (χ4v) is 3.85. The molecule has 1 atom stereocenters. The number of aromatic nitrogens is 1. The Morgan fingerprint density at radius 3 is 2.77 bits per heavy atom. The smallest absolute Gasteiger partial charge is 0.414 e. The molecule has 0 unspecified atom stereocenters. The van der Waals surface area contributed by atoms with Gasteiger partial charge in [0.25, 0.3) is 0 Å². The van der Waals surface area contributed by atoms with Gasteiger partial charge < -0.3 is 10.1 Å². The molecule has 3 heterocycles. The normalized spacial score (nSPS) is 18.5. The van der Waals surface area contributed by atoms with Gasteiger partial charge >= 0.3 is 11.0 Å². The van der Waals surface area contributed by atoms with Crippen molar-refractivity contribution in [1.29, 1.82) is 0 Å². The maximum atomic E-state index is 12.1. The number of nitrogens with zero attached hydrogens (tertiary/aromatic N) is 2. The van der Waals surface area contributed by atoms with Gasteiger partial charge in [-0.2, -0.15) is 0 Å². The molecule has 1 N–H and O–H groups in total. The van der Waals surface area contributed by atoms with E-state index in [1.165, 1.54) is 18.3 Å². The minimum atomic E-state index is -0.415. The molecule has 1 fully saturated rings. The van der Waals surface area contributed by atoms with E-state index in [0.29, 0.717) is 19.6 Å². The van der Waals surface area contributed by atoms with E-state index in [1.807, 2.05) is 35.7 Å². The average Bonchev–Trinajstić information content (AvgIpc) is 3.29. The number of carbonyl (C=O) groups is 2. The number of amides is 2. The summed E-state index contributed by atoms with van der Waals surface area (Å²) in [6.45, 7) is 2.70. The number of rotatable bonds is 4. The van der Waals surface area contributed by atoms with Crippen molar-refractivity contribution in [2.45, 2.75) is 19.6 Å². The van der Waals surface area contributed by atoms with Gasteiger partial charge in [-0.15, -0.1) is 0 Å². The Morgan fingerprint density at radius 2 is 2.08 bits per heavy atom.